The van der Waals surface area contributed by atoms with Crippen molar-refractivity contribution in [1.29, 1.82) is 0 Å². The van der Waals surface area contributed by atoms with Gasteiger partial charge in [-0.25, -0.2) is 13.2 Å². The predicted octanol–water partition coefficient (Wildman–Crippen LogP) is 2.49. The number of methoxy groups -OCH3 is 1. The number of esters is 1. The zero-order valence-corrected chi connectivity index (χ0v) is 15.4. The molecule has 1 N–H and O–H groups in total. The molecule has 0 saturated carbocycles. The van der Waals surface area contributed by atoms with Crippen LogP contribution in [0.15, 0.2) is 48.5 Å². The molecule has 0 spiro atoms. The summed E-state index contributed by atoms with van der Waals surface area (Å²) >= 11 is 0. The molecule has 0 unspecified atom stereocenters. The van der Waals surface area contributed by atoms with Gasteiger partial charge in [0, 0.05) is 11.3 Å². The number of nitrogens with one attached hydrogen (secondary N) is 1. The fourth-order valence-electron chi connectivity index (χ4n) is 2.16. The van der Waals surface area contributed by atoms with Gasteiger partial charge >= 0.3 is 5.97 Å². The van der Waals surface area contributed by atoms with Gasteiger partial charge in [0.05, 0.1) is 18.9 Å². The Morgan fingerprint density at radius 2 is 1.50 bits per heavy atom. The topological polar surface area (TPSA) is 98.8 Å². The number of sulfonamides is 1. The van der Waals surface area contributed by atoms with Gasteiger partial charge in [-0.1, -0.05) is 0 Å². The number of anilines is 1. The fraction of sp³-hybridized carbons (Fsp3) is 0.222. The number of ketones is 1. The first-order chi connectivity index (χ1) is 12.2. The molecule has 2 aromatic carbocycles. The summed E-state index contributed by atoms with van der Waals surface area (Å²) in [6.45, 7) is 1.48. The fourth-order valence-corrected chi connectivity index (χ4v) is 2.72. The summed E-state index contributed by atoms with van der Waals surface area (Å²) in [5.74, 6) is -0.407. The van der Waals surface area contributed by atoms with Gasteiger partial charge in [-0.2, -0.15) is 0 Å². The van der Waals surface area contributed by atoms with Crippen molar-refractivity contribution in [3.05, 3.63) is 59.7 Å². The van der Waals surface area contributed by atoms with E-state index in [1.165, 1.54) is 38.3 Å². The van der Waals surface area contributed by atoms with Crippen LogP contribution in [0.4, 0.5) is 5.69 Å². The van der Waals surface area contributed by atoms with Crippen LogP contribution in [0.1, 0.15) is 27.6 Å². The normalized spacial score (nSPS) is 12.1. The summed E-state index contributed by atoms with van der Waals surface area (Å²) < 4.78 is 34.9. The molecule has 26 heavy (non-hydrogen) atoms. The molecule has 0 radical (unpaired) electrons. The maximum Gasteiger partial charge on any atom is 0.338 e. The largest absolute Gasteiger partial charge is 0.497 e. The number of carbonyl (C=O) groups excluding carboxylic acids is 2. The average molecular weight is 377 g/mol. The molecular formula is C18H19NO6S. The van der Waals surface area contributed by atoms with E-state index in [4.69, 9.17) is 9.47 Å². The highest BCUT2D eigenvalue weighted by Gasteiger charge is 2.20. The van der Waals surface area contributed by atoms with Gasteiger partial charge in [0.1, 0.15) is 5.75 Å². The minimum Gasteiger partial charge on any atom is -0.497 e. The first-order valence-corrected chi connectivity index (χ1v) is 9.56. The number of rotatable bonds is 7. The van der Waals surface area contributed by atoms with Crippen LogP contribution in [-0.2, 0) is 14.8 Å². The Balaban J connectivity index is 2.03. The molecular weight excluding hydrogens is 358 g/mol. The van der Waals surface area contributed by atoms with Crippen molar-refractivity contribution in [3.8, 4) is 5.75 Å². The Kier molecular flexibility index (Phi) is 5.99. The van der Waals surface area contributed by atoms with Gasteiger partial charge in [-0.15, -0.1) is 0 Å². The van der Waals surface area contributed by atoms with E-state index in [9.17, 15) is 18.0 Å². The molecule has 0 fully saturated rings. The maximum absolute atomic E-state index is 12.4. The van der Waals surface area contributed by atoms with Crippen molar-refractivity contribution < 1.29 is 27.5 Å². The van der Waals surface area contributed by atoms with E-state index < -0.39 is 27.9 Å². The molecule has 0 heterocycles. The highest BCUT2D eigenvalue weighted by atomic mass is 32.2. The van der Waals surface area contributed by atoms with E-state index in [0.29, 0.717) is 22.6 Å². The molecule has 0 amide bonds. The summed E-state index contributed by atoms with van der Waals surface area (Å²) in [5.41, 5.74) is 0.948. The van der Waals surface area contributed by atoms with Crippen molar-refractivity contribution in [2.24, 2.45) is 0 Å². The molecule has 2 rings (SSSR count). The summed E-state index contributed by atoms with van der Waals surface area (Å²) in [6, 6.07) is 12.2. The first kappa shape index (κ1) is 19.5. The molecule has 138 valence electrons. The van der Waals surface area contributed by atoms with Gasteiger partial charge in [0.15, 0.2) is 6.10 Å². The van der Waals surface area contributed by atoms with E-state index in [0.717, 1.165) is 6.26 Å². The van der Waals surface area contributed by atoms with Crippen molar-refractivity contribution >= 4 is 27.5 Å². The smallest absolute Gasteiger partial charge is 0.338 e. The Labute approximate surface area is 152 Å². The van der Waals surface area contributed by atoms with Crippen molar-refractivity contribution in [1.82, 2.24) is 0 Å². The number of hydrogen-bond acceptors (Lipinski definition) is 6. The summed E-state index contributed by atoms with van der Waals surface area (Å²) in [4.78, 5) is 24.5. The van der Waals surface area contributed by atoms with Gasteiger partial charge in [-0.05, 0) is 55.5 Å². The number of carbonyl (C=O) groups is 2. The highest BCUT2D eigenvalue weighted by Crippen LogP contribution is 2.16. The number of ether oxygens (including phenoxy) is 2. The van der Waals surface area contributed by atoms with E-state index in [1.54, 1.807) is 24.3 Å². The van der Waals surface area contributed by atoms with Crippen molar-refractivity contribution in [2.75, 3.05) is 18.1 Å². The van der Waals surface area contributed by atoms with Crippen LogP contribution in [0, 0.1) is 0 Å². The molecule has 0 aromatic heterocycles. The number of Topliss-reactive ketones (excluding diaryl/α,β-unsaturated/α-hetero) is 1. The summed E-state index contributed by atoms with van der Waals surface area (Å²) in [5, 5.41) is 0. The second kappa shape index (κ2) is 8.01. The second-order valence-electron chi connectivity index (χ2n) is 5.59. The monoisotopic (exact) mass is 377 g/mol. The molecule has 0 saturated heterocycles. The van der Waals surface area contributed by atoms with Crippen LogP contribution >= 0.6 is 0 Å². The lowest BCUT2D eigenvalue weighted by Gasteiger charge is -2.13. The summed E-state index contributed by atoms with van der Waals surface area (Å²) in [7, 11) is -1.87. The lowest BCUT2D eigenvalue weighted by Crippen LogP contribution is -2.24. The third-order valence-corrected chi connectivity index (χ3v) is 4.06. The summed E-state index contributed by atoms with van der Waals surface area (Å²) in [6.07, 6.45) is 0.0468. The molecule has 1 atom stereocenters. The molecule has 0 aliphatic carbocycles. The Morgan fingerprint density at radius 1 is 0.962 bits per heavy atom. The van der Waals surface area contributed by atoms with Crippen LogP contribution in [0.25, 0.3) is 0 Å². The Morgan fingerprint density at radius 3 is 2.00 bits per heavy atom. The van der Waals surface area contributed by atoms with Gasteiger partial charge in [0.25, 0.3) is 0 Å². The zero-order chi connectivity index (χ0) is 19.3. The Bertz CT molecular complexity index is 888. The van der Waals surface area contributed by atoms with Gasteiger partial charge in [-0.3, -0.25) is 9.52 Å². The van der Waals surface area contributed by atoms with Crippen molar-refractivity contribution in [2.45, 2.75) is 13.0 Å². The van der Waals surface area contributed by atoms with E-state index >= 15 is 0 Å². The van der Waals surface area contributed by atoms with E-state index in [2.05, 4.69) is 4.72 Å². The molecule has 0 bridgehead atoms. The predicted molar refractivity (Wildman–Crippen MR) is 97.1 cm³/mol. The molecule has 7 nitrogen and oxygen atoms in total. The van der Waals surface area contributed by atoms with Crippen molar-refractivity contribution in [3.63, 3.8) is 0 Å². The van der Waals surface area contributed by atoms with Gasteiger partial charge in [0.2, 0.25) is 15.8 Å². The molecule has 2 aromatic rings. The van der Waals surface area contributed by atoms with Crippen LogP contribution in [0.5, 0.6) is 5.75 Å². The SMILES string of the molecule is COc1ccc(C(=O)O[C@@H](C)C(=O)c2ccc(NS(C)(=O)=O)cc2)cc1. The van der Waals surface area contributed by atoms with Crippen LogP contribution in [-0.4, -0.2) is 39.6 Å². The van der Waals surface area contributed by atoms with Crippen LogP contribution < -0.4 is 9.46 Å². The zero-order valence-electron chi connectivity index (χ0n) is 14.6. The molecule has 8 heteroatoms. The van der Waals surface area contributed by atoms with Crippen LogP contribution in [0.2, 0.25) is 0 Å². The lowest BCUT2D eigenvalue weighted by atomic mass is 10.1. The average Bonchev–Trinajstić information content (AvgIpc) is 2.60. The lowest BCUT2D eigenvalue weighted by molar-refractivity contribution is 0.0319. The third-order valence-electron chi connectivity index (χ3n) is 3.45. The molecule has 0 aliphatic heterocycles. The highest BCUT2D eigenvalue weighted by molar-refractivity contribution is 7.92. The maximum atomic E-state index is 12.4. The third kappa shape index (κ3) is 5.32. The first-order valence-electron chi connectivity index (χ1n) is 7.66. The minimum absolute atomic E-state index is 0.304. The van der Waals surface area contributed by atoms with Gasteiger partial charge < -0.3 is 9.47 Å². The quantitative estimate of drug-likeness (QED) is 0.588. The number of hydrogen-bond donors (Lipinski definition) is 1. The second-order valence-corrected chi connectivity index (χ2v) is 7.34. The van der Waals surface area contributed by atoms with E-state index in [-0.39, 0.29) is 0 Å². The standard InChI is InChI=1S/C18H19NO6S/c1-12(25-18(21)14-6-10-16(24-2)11-7-14)17(20)13-4-8-15(9-5-13)19-26(3,22)23/h4-12,19H,1-3H3/t12-/m0/s1. The molecule has 0 aliphatic rings. The Hall–Kier alpha value is -2.87. The number of benzene rings is 2. The van der Waals surface area contributed by atoms with Crippen LogP contribution in [0.3, 0.4) is 0 Å². The van der Waals surface area contributed by atoms with E-state index in [1.807, 2.05) is 0 Å². The minimum atomic E-state index is -3.39.